The van der Waals surface area contributed by atoms with E-state index in [-0.39, 0.29) is 0 Å². The van der Waals surface area contributed by atoms with Crippen molar-refractivity contribution < 1.29 is 13.2 Å². The Balaban J connectivity index is 2.32. The molecule has 18 heavy (non-hydrogen) atoms. The Kier molecular flexibility index (Phi) is 3.02. The molecule has 0 bridgehead atoms. The van der Waals surface area contributed by atoms with E-state index in [0.29, 0.717) is 17.7 Å². The molecule has 0 fully saturated rings. The Morgan fingerprint density at radius 1 is 1.33 bits per heavy atom. The summed E-state index contributed by atoms with van der Waals surface area (Å²) < 4.78 is 39.4. The van der Waals surface area contributed by atoms with Crippen LogP contribution >= 0.6 is 0 Å². The van der Waals surface area contributed by atoms with E-state index >= 15 is 0 Å². The van der Waals surface area contributed by atoms with Crippen LogP contribution in [-0.2, 0) is 19.6 Å². The lowest BCUT2D eigenvalue weighted by Crippen LogP contribution is -2.07. The number of benzene rings is 1. The molecular formula is C12H12F3N3. The average molecular weight is 255 g/mol. The number of hydrogen-bond donors (Lipinski definition) is 1. The zero-order chi connectivity index (χ0) is 13.3. The predicted molar refractivity (Wildman–Crippen MR) is 61.9 cm³/mol. The monoisotopic (exact) mass is 255 g/mol. The standard InChI is InChI=1S/C12H12F3N3/c1-18-7-8(6-17-18)4-9-5-10(12(13,14)15)2-3-11(9)16/h2-3,5-7H,4,16H2,1H3. The summed E-state index contributed by atoms with van der Waals surface area (Å²) in [5, 5.41) is 3.97. The van der Waals surface area contributed by atoms with Crippen LogP contribution < -0.4 is 5.73 Å². The first kappa shape index (κ1) is 12.5. The number of alkyl halides is 3. The molecule has 0 aliphatic rings. The fourth-order valence-electron chi connectivity index (χ4n) is 1.72. The lowest BCUT2D eigenvalue weighted by atomic mass is 10.0. The number of nitrogen functional groups attached to an aromatic ring is 1. The van der Waals surface area contributed by atoms with Crippen molar-refractivity contribution >= 4 is 5.69 Å². The number of nitrogens with zero attached hydrogens (tertiary/aromatic N) is 2. The van der Waals surface area contributed by atoms with Gasteiger partial charge in [0.05, 0.1) is 11.8 Å². The van der Waals surface area contributed by atoms with E-state index in [4.69, 9.17) is 5.73 Å². The van der Waals surface area contributed by atoms with E-state index in [0.717, 1.165) is 17.7 Å². The van der Waals surface area contributed by atoms with Crippen molar-refractivity contribution in [3.05, 3.63) is 47.3 Å². The predicted octanol–water partition coefficient (Wildman–Crippen LogP) is 2.61. The van der Waals surface area contributed by atoms with Crippen LogP contribution in [0.1, 0.15) is 16.7 Å². The molecule has 0 unspecified atom stereocenters. The minimum absolute atomic E-state index is 0.337. The van der Waals surface area contributed by atoms with Gasteiger partial charge in [0.1, 0.15) is 0 Å². The Bertz CT molecular complexity index is 558. The van der Waals surface area contributed by atoms with Gasteiger partial charge in [-0.2, -0.15) is 18.3 Å². The van der Waals surface area contributed by atoms with Crippen molar-refractivity contribution in [2.45, 2.75) is 12.6 Å². The highest BCUT2D eigenvalue weighted by Crippen LogP contribution is 2.31. The number of anilines is 1. The van der Waals surface area contributed by atoms with E-state index < -0.39 is 11.7 Å². The highest BCUT2D eigenvalue weighted by atomic mass is 19.4. The summed E-state index contributed by atoms with van der Waals surface area (Å²) in [5.41, 5.74) is 6.64. The minimum atomic E-state index is -4.35. The third-order valence-corrected chi connectivity index (χ3v) is 2.62. The van der Waals surface area contributed by atoms with Gasteiger partial charge < -0.3 is 5.73 Å². The molecule has 0 amide bonds. The molecule has 2 N–H and O–H groups in total. The first-order valence-electron chi connectivity index (χ1n) is 5.29. The largest absolute Gasteiger partial charge is 0.416 e. The lowest BCUT2D eigenvalue weighted by molar-refractivity contribution is -0.137. The normalized spacial score (nSPS) is 11.8. The summed E-state index contributed by atoms with van der Waals surface area (Å²) in [7, 11) is 1.75. The Labute approximate surface area is 102 Å². The fourth-order valence-corrected chi connectivity index (χ4v) is 1.72. The molecule has 0 saturated carbocycles. The van der Waals surface area contributed by atoms with Crippen LogP contribution in [-0.4, -0.2) is 9.78 Å². The molecule has 0 saturated heterocycles. The van der Waals surface area contributed by atoms with Crippen LogP contribution in [0.2, 0.25) is 0 Å². The molecule has 0 radical (unpaired) electrons. The molecule has 0 spiro atoms. The van der Waals surface area contributed by atoms with Gasteiger partial charge in [0.25, 0.3) is 0 Å². The zero-order valence-electron chi connectivity index (χ0n) is 9.70. The highest BCUT2D eigenvalue weighted by Gasteiger charge is 2.30. The second kappa shape index (κ2) is 4.36. The van der Waals surface area contributed by atoms with Gasteiger partial charge in [0.15, 0.2) is 0 Å². The second-order valence-electron chi connectivity index (χ2n) is 4.11. The maximum atomic E-state index is 12.6. The molecule has 2 rings (SSSR count). The number of aromatic nitrogens is 2. The number of aryl methyl sites for hydroxylation is 1. The third kappa shape index (κ3) is 2.64. The zero-order valence-corrected chi connectivity index (χ0v) is 9.70. The van der Waals surface area contributed by atoms with E-state index in [9.17, 15) is 13.2 Å². The number of hydrogen-bond acceptors (Lipinski definition) is 2. The maximum absolute atomic E-state index is 12.6. The third-order valence-electron chi connectivity index (χ3n) is 2.62. The van der Waals surface area contributed by atoms with Crippen LogP contribution in [0, 0.1) is 0 Å². The maximum Gasteiger partial charge on any atom is 0.416 e. The average Bonchev–Trinajstić information content (AvgIpc) is 2.66. The molecule has 6 heteroatoms. The summed E-state index contributed by atoms with van der Waals surface area (Å²) >= 11 is 0. The van der Waals surface area contributed by atoms with Crippen LogP contribution in [0.25, 0.3) is 0 Å². The van der Waals surface area contributed by atoms with Crippen LogP contribution in [0.15, 0.2) is 30.6 Å². The summed E-state index contributed by atoms with van der Waals surface area (Å²) in [6.45, 7) is 0. The molecule has 96 valence electrons. The van der Waals surface area contributed by atoms with Crippen molar-refractivity contribution in [1.29, 1.82) is 0 Å². The van der Waals surface area contributed by atoms with Crippen LogP contribution in [0.3, 0.4) is 0 Å². The summed E-state index contributed by atoms with van der Waals surface area (Å²) in [4.78, 5) is 0. The van der Waals surface area contributed by atoms with Gasteiger partial charge in [-0.05, 0) is 29.3 Å². The quantitative estimate of drug-likeness (QED) is 0.838. The van der Waals surface area contributed by atoms with Crippen molar-refractivity contribution in [1.82, 2.24) is 9.78 Å². The van der Waals surface area contributed by atoms with E-state index in [1.165, 1.54) is 6.07 Å². The SMILES string of the molecule is Cn1cc(Cc2cc(C(F)(F)F)ccc2N)cn1. The molecular weight excluding hydrogens is 243 g/mol. The van der Waals surface area contributed by atoms with Crippen molar-refractivity contribution in [2.75, 3.05) is 5.73 Å². The van der Waals surface area contributed by atoms with E-state index in [2.05, 4.69) is 5.10 Å². The van der Waals surface area contributed by atoms with Crippen molar-refractivity contribution in [3.63, 3.8) is 0 Å². The molecule has 3 nitrogen and oxygen atoms in total. The fraction of sp³-hybridized carbons (Fsp3) is 0.250. The Morgan fingerprint density at radius 2 is 2.06 bits per heavy atom. The Hall–Kier alpha value is -1.98. The minimum Gasteiger partial charge on any atom is -0.398 e. The van der Waals surface area contributed by atoms with E-state index in [1.54, 1.807) is 24.1 Å². The van der Waals surface area contributed by atoms with Gasteiger partial charge in [-0.1, -0.05) is 0 Å². The molecule has 1 heterocycles. The van der Waals surface area contributed by atoms with Crippen LogP contribution in [0.4, 0.5) is 18.9 Å². The lowest BCUT2D eigenvalue weighted by Gasteiger charge is -2.10. The molecule has 0 aliphatic heterocycles. The number of rotatable bonds is 2. The molecule has 1 aromatic carbocycles. The molecule has 0 atom stereocenters. The van der Waals surface area contributed by atoms with Gasteiger partial charge in [0, 0.05) is 25.4 Å². The first-order valence-corrected chi connectivity index (χ1v) is 5.29. The van der Waals surface area contributed by atoms with Gasteiger partial charge in [0.2, 0.25) is 0 Å². The summed E-state index contributed by atoms with van der Waals surface area (Å²) in [6.07, 6.45) is -0.652. The van der Waals surface area contributed by atoms with Crippen LogP contribution in [0.5, 0.6) is 0 Å². The summed E-state index contributed by atoms with van der Waals surface area (Å²) in [5.74, 6) is 0. The van der Waals surface area contributed by atoms with Crippen molar-refractivity contribution in [3.8, 4) is 0 Å². The van der Waals surface area contributed by atoms with Gasteiger partial charge in [-0.25, -0.2) is 0 Å². The van der Waals surface area contributed by atoms with Gasteiger partial charge >= 0.3 is 6.18 Å². The number of nitrogens with two attached hydrogens (primary N) is 1. The molecule has 2 aromatic rings. The van der Waals surface area contributed by atoms with E-state index in [1.807, 2.05) is 0 Å². The first-order chi connectivity index (χ1) is 8.36. The van der Waals surface area contributed by atoms with Gasteiger partial charge in [-0.15, -0.1) is 0 Å². The van der Waals surface area contributed by atoms with Crippen molar-refractivity contribution in [2.24, 2.45) is 7.05 Å². The van der Waals surface area contributed by atoms with Gasteiger partial charge in [-0.3, -0.25) is 4.68 Å². The second-order valence-corrected chi connectivity index (χ2v) is 4.11. The number of halogens is 3. The highest BCUT2D eigenvalue weighted by molar-refractivity contribution is 5.50. The Morgan fingerprint density at radius 3 is 2.61 bits per heavy atom. The molecule has 1 aromatic heterocycles. The molecule has 0 aliphatic carbocycles. The smallest absolute Gasteiger partial charge is 0.398 e. The topological polar surface area (TPSA) is 43.8 Å². The summed E-state index contributed by atoms with van der Waals surface area (Å²) in [6, 6.07) is 3.36.